The van der Waals surface area contributed by atoms with Gasteiger partial charge in [-0.15, -0.1) is 0 Å². The molecule has 0 atom stereocenters. The number of pyridine rings is 2. The number of carbonyl (C=O) groups excluding carboxylic acids is 1. The average Bonchev–Trinajstić information content (AvgIpc) is 2.46. The second-order valence-electron chi connectivity index (χ2n) is 4.60. The molecule has 0 radical (unpaired) electrons. The van der Waals surface area contributed by atoms with Gasteiger partial charge < -0.3 is 0 Å². The highest BCUT2D eigenvalue weighted by Gasteiger charge is 2.09. The number of ketones is 1. The number of hydrogen-bond donors (Lipinski definition) is 0. The summed E-state index contributed by atoms with van der Waals surface area (Å²) < 4.78 is 0.862. The van der Waals surface area contributed by atoms with Gasteiger partial charge in [0.05, 0.1) is 17.5 Å². The van der Waals surface area contributed by atoms with Crippen molar-refractivity contribution in [2.24, 2.45) is 0 Å². The van der Waals surface area contributed by atoms with Crippen molar-refractivity contribution in [1.82, 2.24) is 9.97 Å². The molecular weight excluding hydrogens is 352 g/mol. The number of aromatic nitrogens is 2. The van der Waals surface area contributed by atoms with Crippen molar-refractivity contribution in [3.8, 4) is 0 Å². The van der Waals surface area contributed by atoms with Crippen LogP contribution in [0.15, 0.2) is 53.1 Å². The molecule has 0 fully saturated rings. The first-order valence-corrected chi connectivity index (χ1v) is 7.49. The molecule has 3 aromatic rings. The fraction of sp³-hybridized carbons (Fsp3) is 0.0625. The van der Waals surface area contributed by atoms with Crippen molar-refractivity contribution in [1.29, 1.82) is 0 Å². The van der Waals surface area contributed by atoms with Gasteiger partial charge >= 0.3 is 0 Å². The molecule has 0 saturated heterocycles. The molecule has 0 spiro atoms. The third kappa shape index (κ3) is 3.28. The summed E-state index contributed by atoms with van der Waals surface area (Å²) in [6, 6.07) is 12.5. The van der Waals surface area contributed by atoms with Crippen LogP contribution in [0, 0.1) is 0 Å². The number of benzene rings is 1. The van der Waals surface area contributed by atoms with E-state index in [1.165, 1.54) is 0 Å². The van der Waals surface area contributed by atoms with Crippen molar-refractivity contribution in [3.05, 3.63) is 69.4 Å². The molecule has 21 heavy (non-hydrogen) atoms. The monoisotopic (exact) mass is 360 g/mol. The van der Waals surface area contributed by atoms with E-state index in [1.54, 1.807) is 30.5 Å². The van der Waals surface area contributed by atoms with E-state index in [1.807, 2.05) is 18.2 Å². The summed E-state index contributed by atoms with van der Waals surface area (Å²) in [5.74, 6) is -0.00712. The van der Waals surface area contributed by atoms with E-state index in [0.717, 1.165) is 15.5 Å². The Kier molecular flexibility index (Phi) is 3.99. The number of rotatable bonds is 3. The van der Waals surface area contributed by atoms with Gasteiger partial charge in [-0.05, 0) is 46.3 Å². The number of carbonyl (C=O) groups is 1. The van der Waals surface area contributed by atoms with Crippen molar-refractivity contribution in [3.63, 3.8) is 0 Å². The van der Waals surface area contributed by atoms with Crippen molar-refractivity contribution >= 4 is 44.3 Å². The Morgan fingerprint density at radius 1 is 1.14 bits per heavy atom. The van der Waals surface area contributed by atoms with Gasteiger partial charge in [0.15, 0.2) is 5.78 Å². The van der Waals surface area contributed by atoms with E-state index < -0.39 is 0 Å². The van der Waals surface area contributed by atoms with E-state index in [4.69, 9.17) is 11.6 Å². The molecule has 0 bridgehead atoms. The molecule has 0 unspecified atom stereocenters. The molecule has 2 heterocycles. The Labute approximate surface area is 135 Å². The molecule has 0 aliphatic rings. The lowest BCUT2D eigenvalue weighted by Crippen LogP contribution is -2.05. The largest absolute Gasteiger partial charge is 0.294 e. The number of fused-ring (bicyclic) bond motifs is 1. The van der Waals surface area contributed by atoms with Gasteiger partial charge in [-0.3, -0.25) is 14.8 Å². The van der Waals surface area contributed by atoms with Crippen LogP contribution in [0.5, 0.6) is 0 Å². The number of Topliss-reactive ketones (excluding diaryl/α,β-unsaturated/α-hetero) is 1. The SMILES string of the molecule is O=C(Cc1ccc2ncc(Br)cc2n1)c1cccc(Cl)c1. The molecule has 0 amide bonds. The Bertz CT molecular complexity index is 835. The maximum atomic E-state index is 12.2. The van der Waals surface area contributed by atoms with Crippen LogP contribution in [0.2, 0.25) is 5.02 Å². The van der Waals surface area contributed by atoms with E-state index in [9.17, 15) is 4.79 Å². The third-order valence-corrected chi connectivity index (χ3v) is 3.72. The zero-order valence-electron chi connectivity index (χ0n) is 10.9. The first kappa shape index (κ1) is 14.2. The van der Waals surface area contributed by atoms with Crippen LogP contribution in [0.1, 0.15) is 16.1 Å². The average molecular weight is 362 g/mol. The lowest BCUT2D eigenvalue weighted by molar-refractivity contribution is 0.0992. The van der Waals surface area contributed by atoms with Crippen LogP contribution in [-0.4, -0.2) is 15.8 Å². The highest BCUT2D eigenvalue weighted by molar-refractivity contribution is 9.10. The zero-order chi connectivity index (χ0) is 14.8. The quantitative estimate of drug-likeness (QED) is 0.646. The van der Waals surface area contributed by atoms with Gasteiger partial charge in [0.2, 0.25) is 0 Å². The molecule has 3 rings (SSSR count). The summed E-state index contributed by atoms with van der Waals surface area (Å²) in [6.45, 7) is 0. The van der Waals surface area contributed by atoms with Gasteiger partial charge in [0.1, 0.15) is 0 Å². The van der Waals surface area contributed by atoms with E-state index in [0.29, 0.717) is 16.3 Å². The van der Waals surface area contributed by atoms with E-state index >= 15 is 0 Å². The van der Waals surface area contributed by atoms with E-state index in [2.05, 4.69) is 25.9 Å². The maximum absolute atomic E-state index is 12.2. The zero-order valence-corrected chi connectivity index (χ0v) is 13.2. The maximum Gasteiger partial charge on any atom is 0.168 e. The summed E-state index contributed by atoms with van der Waals surface area (Å²) in [7, 11) is 0. The molecule has 2 aromatic heterocycles. The molecule has 104 valence electrons. The molecule has 0 aliphatic carbocycles. The lowest BCUT2D eigenvalue weighted by atomic mass is 10.1. The van der Waals surface area contributed by atoms with Crippen LogP contribution < -0.4 is 0 Å². The Hall–Kier alpha value is -1.78. The number of nitrogens with zero attached hydrogens (tertiary/aromatic N) is 2. The summed E-state index contributed by atoms with van der Waals surface area (Å²) in [5, 5.41) is 0.556. The van der Waals surface area contributed by atoms with Crippen LogP contribution in [0.25, 0.3) is 11.0 Å². The fourth-order valence-electron chi connectivity index (χ4n) is 2.05. The Morgan fingerprint density at radius 2 is 2.00 bits per heavy atom. The highest BCUT2D eigenvalue weighted by atomic mass is 79.9. The molecule has 0 N–H and O–H groups in total. The van der Waals surface area contributed by atoms with Gasteiger partial charge in [0, 0.05) is 26.9 Å². The number of halogens is 2. The first-order chi connectivity index (χ1) is 10.1. The van der Waals surface area contributed by atoms with Crippen molar-refractivity contribution < 1.29 is 4.79 Å². The van der Waals surface area contributed by atoms with Crippen LogP contribution in [0.3, 0.4) is 0 Å². The smallest absolute Gasteiger partial charge is 0.168 e. The summed E-state index contributed by atoms with van der Waals surface area (Å²) in [5.41, 5.74) is 2.88. The predicted octanol–water partition coefficient (Wildman–Crippen LogP) is 4.47. The van der Waals surface area contributed by atoms with Gasteiger partial charge in [-0.1, -0.05) is 23.7 Å². The highest BCUT2D eigenvalue weighted by Crippen LogP contribution is 2.17. The minimum atomic E-state index is -0.00712. The summed E-state index contributed by atoms with van der Waals surface area (Å²) >= 11 is 9.27. The normalized spacial score (nSPS) is 10.8. The summed E-state index contributed by atoms with van der Waals surface area (Å²) in [6.07, 6.45) is 1.96. The Morgan fingerprint density at radius 3 is 2.81 bits per heavy atom. The fourth-order valence-corrected chi connectivity index (χ4v) is 2.56. The topological polar surface area (TPSA) is 42.9 Å². The third-order valence-electron chi connectivity index (χ3n) is 3.05. The molecule has 5 heteroatoms. The standard InChI is InChI=1S/C16H10BrClN2O/c17-11-7-15-14(19-9-11)5-4-13(20-15)8-16(21)10-2-1-3-12(18)6-10/h1-7,9H,8H2. The van der Waals surface area contributed by atoms with Crippen molar-refractivity contribution in [2.45, 2.75) is 6.42 Å². The Balaban J connectivity index is 1.89. The summed E-state index contributed by atoms with van der Waals surface area (Å²) in [4.78, 5) is 21.0. The second-order valence-corrected chi connectivity index (χ2v) is 5.96. The lowest BCUT2D eigenvalue weighted by Gasteiger charge is -2.03. The van der Waals surface area contributed by atoms with Crippen molar-refractivity contribution in [2.75, 3.05) is 0 Å². The molecule has 0 aliphatic heterocycles. The minimum absolute atomic E-state index is 0.00712. The second kappa shape index (κ2) is 5.92. The van der Waals surface area contributed by atoms with E-state index in [-0.39, 0.29) is 12.2 Å². The first-order valence-electron chi connectivity index (χ1n) is 6.32. The molecule has 3 nitrogen and oxygen atoms in total. The van der Waals surface area contributed by atoms with Crippen LogP contribution >= 0.6 is 27.5 Å². The molecule has 0 saturated carbocycles. The molecular formula is C16H10BrClN2O. The van der Waals surface area contributed by atoms with Crippen LogP contribution in [0.4, 0.5) is 0 Å². The minimum Gasteiger partial charge on any atom is -0.294 e. The van der Waals surface area contributed by atoms with Gasteiger partial charge in [0.25, 0.3) is 0 Å². The van der Waals surface area contributed by atoms with Gasteiger partial charge in [-0.25, -0.2) is 0 Å². The predicted molar refractivity (Wildman–Crippen MR) is 86.7 cm³/mol. The van der Waals surface area contributed by atoms with Gasteiger partial charge in [-0.2, -0.15) is 0 Å². The molecule has 1 aromatic carbocycles. The number of hydrogen-bond acceptors (Lipinski definition) is 3. The van der Waals surface area contributed by atoms with Crippen LogP contribution in [-0.2, 0) is 6.42 Å².